The van der Waals surface area contributed by atoms with Crippen LogP contribution in [0.3, 0.4) is 0 Å². The van der Waals surface area contributed by atoms with Crippen molar-refractivity contribution in [2.45, 2.75) is 16.6 Å². The minimum absolute atomic E-state index is 0.0784. The summed E-state index contributed by atoms with van der Waals surface area (Å²) in [5.74, 6) is 0. The summed E-state index contributed by atoms with van der Waals surface area (Å²) in [5.41, 5.74) is 1.66. The van der Waals surface area contributed by atoms with Crippen molar-refractivity contribution in [2.75, 3.05) is 0 Å². The quantitative estimate of drug-likeness (QED) is 0.649. The molecule has 0 amide bonds. The van der Waals surface area contributed by atoms with Gasteiger partial charge in [0.15, 0.2) is 0 Å². The lowest BCUT2D eigenvalue weighted by Crippen LogP contribution is -2.11. The topological polar surface area (TPSA) is 39.1 Å². The monoisotopic (exact) mass is 363 g/mol. The lowest BCUT2D eigenvalue weighted by molar-refractivity contribution is 0.589. The van der Waals surface area contributed by atoms with Crippen LogP contribution in [0.15, 0.2) is 65.7 Å². The van der Waals surface area contributed by atoms with Crippen molar-refractivity contribution in [1.29, 1.82) is 0 Å². The number of benzene rings is 2. The minimum Gasteiger partial charge on any atom is -0.241 e. The summed E-state index contributed by atoms with van der Waals surface area (Å²) < 4.78 is 27.0. The third-order valence-electron chi connectivity index (χ3n) is 3.44. The maximum atomic E-state index is 12.8. The van der Waals surface area contributed by atoms with E-state index < -0.39 is 10.0 Å². The van der Waals surface area contributed by atoms with Crippen LogP contribution in [0.2, 0.25) is 0 Å². The van der Waals surface area contributed by atoms with Crippen LogP contribution in [0.1, 0.15) is 17.3 Å². The molecule has 3 rings (SSSR count). The molecule has 0 aliphatic carbocycles. The van der Waals surface area contributed by atoms with Crippen LogP contribution in [0.5, 0.6) is 0 Å². The van der Waals surface area contributed by atoms with Gasteiger partial charge in [-0.05, 0) is 30.7 Å². The summed E-state index contributed by atoms with van der Waals surface area (Å²) in [5, 5.41) is 0.946. The predicted octanol–water partition coefficient (Wildman–Crippen LogP) is 4.33. The fraction of sp³-hybridized carbons (Fsp3) is 0.125. The number of nitrogens with zero attached hydrogens (tertiary/aromatic N) is 1. The number of fused-ring (bicyclic) bond motifs is 1. The molecule has 0 aliphatic rings. The molecule has 0 saturated heterocycles. The van der Waals surface area contributed by atoms with Gasteiger partial charge in [-0.15, -0.1) is 0 Å². The van der Waals surface area contributed by atoms with E-state index in [1.807, 2.05) is 31.2 Å². The third-order valence-corrected chi connectivity index (χ3v) is 5.62. The van der Waals surface area contributed by atoms with Crippen LogP contribution < -0.4 is 0 Å². The zero-order chi connectivity index (χ0) is 15.0. The zero-order valence-electron chi connectivity index (χ0n) is 11.4. The second-order valence-corrected chi connectivity index (χ2v) is 8.02. The third kappa shape index (κ3) is 2.40. The lowest BCUT2D eigenvalue weighted by atomic mass is 10.1. The first-order chi connectivity index (χ1) is 10.0. The Balaban J connectivity index is 2.31. The van der Waals surface area contributed by atoms with E-state index in [2.05, 4.69) is 15.9 Å². The molecule has 21 heavy (non-hydrogen) atoms. The van der Waals surface area contributed by atoms with Crippen molar-refractivity contribution in [1.82, 2.24) is 3.97 Å². The zero-order valence-corrected chi connectivity index (χ0v) is 13.8. The highest BCUT2D eigenvalue weighted by Gasteiger charge is 2.21. The average Bonchev–Trinajstić information content (AvgIpc) is 2.88. The molecule has 0 N–H and O–H groups in total. The smallest absolute Gasteiger partial charge is 0.241 e. The summed E-state index contributed by atoms with van der Waals surface area (Å²) in [6.07, 6.45) is 1.70. The molecule has 1 heterocycles. The van der Waals surface area contributed by atoms with E-state index in [0.29, 0.717) is 10.4 Å². The minimum atomic E-state index is -3.58. The SMILES string of the molecule is CC(Br)c1cn(S(=O)(=O)c2ccccc2)c2ccccc12. The van der Waals surface area contributed by atoms with E-state index in [4.69, 9.17) is 0 Å². The molecule has 0 bridgehead atoms. The van der Waals surface area contributed by atoms with E-state index in [-0.39, 0.29) is 4.83 Å². The maximum absolute atomic E-state index is 12.8. The second-order valence-electron chi connectivity index (χ2n) is 4.83. The van der Waals surface area contributed by atoms with Crippen molar-refractivity contribution in [3.8, 4) is 0 Å². The molecular formula is C16H14BrNO2S. The molecule has 0 fully saturated rings. The Kier molecular flexibility index (Phi) is 3.63. The molecule has 0 saturated carbocycles. The van der Waals surface area contributed by atoms with Crippen LogP contribution in [-0.4, -0.2) is 12.4 Å². The Morgan fingerprint density at radius 3 is 2.29 bits per heavy atom. The fourth-order valence-corrected chi connectivity index (χ4v) is 4.16. The van der Waals surface area contributed by atoms with Gasteiger partial charge in [0.05, 0.1) is 10.4 Å². The van der Waals surface area contributed by atoms with E-state index in [1.165, 1.54) is 3.97 Å². The van der Waals surface area contributed by atoms with Crippen molar-refractivity contribution < 1.29 is 8.42 Å². The molecule has 5 heteroatoms. The van der Waals surface area contributed by atoms with Crippen LogP contribution in [0.25, 0.3) is 10.9 Å². The van der Waals surface area contributed by atoms with Crippen molar-refractivity contribution in [3.05, 3.63) is 66.4 Å². The summed E-state index contributed by atoms with van der Waals surface area (Å²) in [6, 6.07) is 16.0. The van der Waals surface area contributed by atoms with Gasteiger partial charge >= 0.3 is 0 Å². The van der Waals surface area contributed by atoms with E-state index in [1.54, 1.807) is 36.5 Å². The summed E-state index contributed by atoms with van der Waals surface area (Å²) in [7, 11) is -3.58. The number of hydrogen-bond acceptors (Lipinski definition) is 2. The molecule has 108 valence electrons. The molecule has 1 aromatic heterocycles. The Hall–Kier alpha value is -1.59. The molecule has 1 atom stereocenters. The maximum Gasteiger partial charge on any atom is 0.268 e. The normalized spacial score (nSPS) is 13.4. The van der Waals surface area contributed by atoms with Gasteiger partial charge in [-0.3, -0.25) is 0 Å². The summed E-state index contributed by atoms with van der Waals surface area (Å²) in [4.78, 5) is 0.370. The standard InChI is InChI=1S/C16H14BrNO2S/c1-12(17)15-11-18(16-10-6-5-9-14(15)16)21(19,20)13-7-3-2-4-8-13/h2-12H,1H3. The first-order valence-corrected chi connectivity index (χ1v) is 8.92. The average molecular weight is 364 g/mol. The van der Waals surface area contributed by atoms with Gasteiger partial charge in [-0.1, -0.05) is 52.3 Å². The van der Waals surface area contributed by atoms with Gasteiger partial charge in [-0.25, -0.2) is 12.4 Å². The first kappa shape index (κ1) is 14.4. The van der Waals surface area contributed by atoms with Crippen LogP contribution in [0, 0.1) is 0 Å². The van der Waals surface area contributed by atoms with Crippen molar-refractivity contribution in [3.63, 3.8) is 0 Å². The first-order valence-electron chi connectivity index (χ1n) is 6.56. The van der Waals surface area contributed by atoms with Gasteiger partial charge in [-0.2, -0.15) is 0 Å². The predicted molar refractivity (Wildman–Crippen MR) is 88.3 cm³/mol. The molecule has 0 radical (unpaired) electrons. The Morgan fingerprint density at radius 1 is 1.00 bits per heavy atom. The summed E-state index contributed by atoms with van der Waals surface area (Å²) in [6.45, 7) is 1.99. The highest BCUT2D eigenvalue weighted by atomic mass is 79.9. The van der Waals surface area contributed by atoms with Crippen molar-refractivity contribution in [2.24, 2.45) is 0 Å². The highest BCUT2D eigenvalue weighted by molar-refractivity contribution is 9.09. The Morgan fingerprint density at radius 2 is 1.62 bits per heavy atom. The largest absolute Gasteiger partial charge is 0.268 e. The molecular weight excluding hydrogens is 350 g/mol. The van der Waals surface area contributed by atoms with Gasteiger partial charge in [0, 0.05) is 16.4 Å². The number of halogens is 1. The van der Waals surface area contributed by atoms with Gasteiger partial charge < -0.3 is 0 Å². The Bertz CT molecular complexity index is 883. The number of para-hydroxylation sites is 1. The van der Waals surface area contributed by atoms with Crippen LogP contribution in [0.4, 0.5) is 0 Å². The Labute approximate surface area is 132 Å². The second kappa shape index (κ2) is 5.31. The fourth-order valence-electron chi connectivity index (χ4n) is 2.40. The lowest BCUT2D eigenvalue weighted by Gasteiger charge is -2.07. The summed E-state index contributed by atoms with van der Waals surface area (Å²) >= 11 is 3.53. The number of hydrogen-bond donors (Lipinski definition) is 0. The number of rotatable bonds is 3. The van der Waals surface area contributed by atoms with Gasteiger partial charge in [0.25, 0.3) is 10.0 Å². The van der Waals surface area contributed by atoms with E-state index in [9.17, 15) is 8.42 Å². The van der Waals surface area contributed by atoms with Gasteiger partial charge in [0.2, 0.25) is 0 Å². The molecule has 3 nitrogen and oxygen atoms in total. The van der Waals surface area contributed by atoms with Crippen molar-refractivity contribution >= 4 is 36.9 Å². The molecule has 0 aliphatic heterocycles. The van der Waals surface area contributed by atoms with Crippen LogP contribution in [-0.2, 0) is 10.0 Å². The number of aromatic nitrogens is 1. The molecule has 2 aromatic carbocycles. The molecule has 0 spiro atoms. The number of alkyl halides is 1. The van der Waals surface area contributed by atoms with E-state index in [0.717, 1.165) is 10.9 Å². The van der Waals surface area contributed by atoms with Gasteiger partial charge in [0.1, 0.15) is 0 Å². The highest BCUT2D eigenvalue weighted by Crippen LogP contribution is 2.33. The van der Waals surface area contributed by atoms with Crippen LogP contribution >= 0.6 is 15.9 Å². The van der Waals surface area contributed by atoms with E-state index >= 15 is 0 Å². The molecule has 1 unspecified atom stereocenters. The molecule has 3 aromatic rings.